The lowest BCUT2D eigenvalue weighted by Crippen LogP contribution is -2.06. The van der Waals surface area contributed by atoms with Gasteiger partial charge in [0.2, 0.25) is 0 Å². The van der Waals surface area contributed by atoms with Crippen molar-refractivity contribution in [2.45, 2.75) is 6.10 Å². The molecule has 2 rings (SSSR count). The molecular formula is C9H8OS. The Morgan fingerprint density at radius 2 is 2.09 bits per heavy atom. The second-order valence-electron chi connectivity index (χ2n) is 2.28. The van der Waals surface area contributed by atoms with Crippen molar-refractivity contribution in [1.29, 1.82) is 0 Å². The summed E-state index contributed by atoms with van der Waals surface area (Å²) in [4.78, 5) is 0. The highest BCUT2D eigenvalue weighted by Crippen LogP contribution is 2.21. The first kappa shape index (κ1) is 6.68. The molecule has 1 nitrogen and oxygen atoms in total. The highest BCUT2D eigenvalue weighted by molar-refractivity contribution is 7.11. The molecule has 2 heteroatoms. The van der Waals surface area contributed by atoms with Gasteiger partial charge in [-0.2, -0.15) is 0 Å². The largest absolute Gasteiger partial charge is 0.473 e. The molecule has 0 saturated carbocycles. The predicted molar refractivity (Wildman–Crippen MR) is 47.0 cm³/mol. The van der Waals surface area contributed by atoms with Gasteiger partial charge in [0.25, 0.3) is 0 Å². The number of rotatable bonds is 2. The van der Waals surface area contributed by atoms with Gasteiger partial charge < -0.3 is 4.74 Å². The van der Waals surface area contributed by atoms with Crippen LogP contribution in [-0.4, -0.2) is 6.10 Å². The van der Waals surface area contributed by atoms with Crippen molar-refractivity contribution in [3.8, 4) is 5.06 Å². The summed E-state index contributed by atoms with van der Waals surface area (Å²) in [5.41, 5.74) is 0. The zero-order chi connectivity index (χ0) is 7.52. The van der Waals surface area contributed by atoms with Gasteiger partial charge in [-0.1, -0.05) is 12.2 Å². The Morgan fingerprint density at radius 1 is 1.27 bits per heavy atom. The summed E-state index contributed by atoms with van der Waals surface area (Å²) in [6.07, 6.45) is 8.20. The number of hydrogen-bond donors (Lipinski definition) is 0. The first-order valence-corrected chi connectivity index (χ1v) is 4.38. The van der Waals surface area contributed by atoms with E-state index in [1.165, 1.54) is 0 Å². The normalized spacial score (nSPS) is 16.0. The fourth-order valence-corrected chi connectivity index (χ4v) is 1.57. The quantitative estimate of drug-likeness (QED) is 0.653. The van der Waals surface area contributed by atoms with Gasteiger partial charge in [-0.25, -0.2) is 0 Å². The summed E-state index contributed by atoms with van der Waals surface area (Å²) in [7, 11) is 0. The monoisotopic (exact) mass is 164 g/mol. The molecular weight excluding hydrogens is 156 g/mol. The van der Waals surface area contributed by atoms with Crippen LogP contribution in [0.15, 0.2) is 41.8 Å². The van der Waals surface area contributed by atoms with Crippen molar-refractivity contribution in [2.75, 3.05) is 0 Å². The number of ether oxygens (including phenoxy) is 1. The SMILES string of the molecule is C1=CC(Oc2cccs2)C=C1. The standard InChI is InChI=1S/C9H8OS/c1-2-5-8(4-1)10-9-6-3-7-11-9/h1-8H. The highest BCUT2D eigenvalue weighted by Gasteiger charge is 2.04. The minimum Gasteiger partial charge on any atom is -0.473 e. The Hall–Kier alpha value is -1.02. The molecule has 1 aliphatic carbocycles. The zero-order valence-corrected chi connectivity index (χ0v) is 6.75. The Labute approximate surface area is 69.6 Å². The molecule has 56 valence electrons. The first-order chi connectivity index (χ1) is 5.45. The second-order valence-corrected chi connectivity index (χ2v) is 3.19. The first-order valence-electron chi connectivity index (χ1n) is 3.50. The van der Waals surface area contributed by atoms with Crippen molar-refractivity contribution >= 4 is 11.3 Å². The van der Waals surface area contributed by atoms with E-state index in [4.69, 9.17) is 4.74 Å². The molecule has 0 N–H and O–H groups in total. The third-order valence-electron chi connectivity index (χ3n) is 1.46. The molecule has 1 aromatic heterocycles. The van der Waals surface area contributed by atoms with Crippen LogP contribution in [-0.2, 0) is 0 Å². The maximum atomic E-state index is 5.56. The van der Waals surface area contributed by atoms with Crippen LogP contribution < -0.4 is 4.74 Å². The topological polar surface area (TPSA) is 9.23 Å². The van der Waals surface area contributed by atoms with Crippen LogP contribution in [0.3, 0.4) is 0 Å². The van der Waals surface area contributed by atoms with E-state index in [1.807, 2.05) is 41.8 Å². The second kappa shape index (κ2) is 2.93. The number of thiophene rings is 1. The number of hydrogen-bond acceptors (Lipinski definition) is 2. The molecule has 11 heavy (non-hydrogen) atoms. The minimum absolute atomic E-state index is 0.147. The minimum atomic E-state index is 0.147. The molecule has 0 fully saturated rings. The van der Waals surface area contributed by atoms with Gasteiger partial charge in [-0.15, -0.1) is 11.3 Å². The van der Waals surface area contributed by atoms with Gasteiger partial charge in [0.1, 0.15) is 6.10 Å². The van der Waals surface area contributed by atoms with Gasteiger partial charge in [0.15, 0.2) is 5.06 Å². The molecule has 0 amide bonds. The Morgan fingerprint density at radius 3 is 2.73 bits per heavy atom. The molecule has 1 aromatic rings. The predicted octanol–water partition coefficient (Wildman–Crippen LogP) is 2.62. The Balaban J connectivity index is 2.01. The van der Waals surface area contributed by atoms with Gasteiger partial charge in [0, 0.05) is 0 Å². The molecule has 0 saturated heterocycles. The average Bonchev–Trinajstić information content (AvgIpc) is 2.60. The molecule has 0 atom stereocenters. The fraction of sp³-hybridized carbons (Fsp3) is 0.111. The maximum Gasteiger partial charge on any atom is 0.175 e. The summed E-state index contributed by atoms with van der Waals surface area (Å²) in [5.74, 6) is 0. The molecule has 1 aliphatic rings. The third kappa shape index (κ3) is 1.52. The molecule has 0 aromatic carbocycles. The highest BCUT2D eigenvalue weighted by atomic mass is 32.1. The van der Waals surface area contributed by atoms with E-state index in [-0.39, 0.29) is 6.10 Å². The third-order valence-corrected chi connectivity index (χ3v) is 2.22. The smallest absolute Gasteiger partial charge is 0.175 e. The van der Waals surface area contributed by atoms with Crippen LogP contribution in [0.4, 0.5) is 0 Å². The molecule has 0 bridgehead atoms. The van der Waals surface area contributed by atoms with Gasteiger partial charge in [-0.3, -0.25) is 0 Å². The molecule has 0 spiro atoms. The number of allylic oxidation sites excluding steroid dienone is 2. The Bertz CT molecular complexity index is 260. The molecule has 0 unspecified atom stereocenters. The Kier molecular flexibility index (Phi) is 1.78. The zero-order valence-electron chi connectivity index (χ0n) is 5.94. The van der Waals surface area contributed by atoms with E-state index in [1.54, 1.807) is 11.3 Å². The van der Waals surface area contributed by atoms with Crippen LogP contribution in [0.2, 0.25) is 0 Å². The fourth-order valence-electron chi connectivity index (χ4n) is 0.955. The van der Waals surface area contributed by atoms with Gasteiger partial charge in [0.05, 0.1) is 0 Å². The summed E-state index contributed by atoms with van der Waals surface area (Å²) >= 11 is 1.62. The van der Waals surface area contributed by atoms with Crippen LogP contribution in [0.1, 0.15) is 0 Å². The van der Waals surface area contributed by atoms with E-state index in [9.17, 15) is 0 Å². The summed E-state index contributed by atoms with van der Waals surface area (Å²) < 4.78 is 5.56. The van der Waals surface area contributed by atoms with Crippen molar-refractivity contribution in [2.24, 2.45) is 0 Å². The van der Waals surface area contributed by atoms with E-state index in [0.29, 0.717) is 0 Å². The van der Waals surface area contributed by atoms with Crippen LogP contribution in [0.25, 0.3) is 0 Å². The van der Waals surface area contributed by atoms with Crippen LogP contribution >= 0.6 is 11.3 Å². The average molecular weight is 164 g/mol. The van der Waals surface area contributed by atoms with E-state index in [2.05, 4.69) is 0 Å². The van der Waals surface area contributed by atoms with E-state index in [0.717, 1.165) is 5.06 Å². The lowest BCUT2D eigenvalue weighted by molar-refractivity contribution is 0.308. The van der Waals surface area contributed by atoms with E-state index < -0.39 is 0 Å². The van der Waals surface area contributed by atoms with Crippen molar-refractivity contribution in [3.05, 3.63) is 41.8 Å². The molecule has 0 radical (unpaired) electrons. The lowest BCUT2D eigenvalue weighted by Gasteiger charge is -2.05. The van der Waals surface area contributed by atoms with Gasteiger partial charge in [-0.05, 0) is 29.7 Å². The lowest BCUT2D eigenvalue weighted by atomic mass is 10.4. The summed E-state index contributed by atoms with van der Waals surface area (Å²) in [6, 6.07) is 3.97. The summed E-state index contributed by atoms with van der Waals surface area (Å²) in [5, 5.41) is 2.99. The summed E-state index contributed by atoms with van der Waals surface area (Å²) in [6.45, 7) is 0. The van der Waals surface area contributed by atoms with Gasteiger partial charge >= 0.3 is 0 Å². The van der Waals surface area contributed by atoms with Crippen LogP contribution in [0.5, 0.6) is 5.06 Å². The maximum absolute atomic E-state index is 5.56. The van der Waals surface area contributed by atoms with E-state index >= 15 is 0 Å². The van der Waals surface area contributed by atoms with Crippen molar-refractivity contribution < 1.29 is 4.74 Å². The molecule has 1 heterocycles. The van der Waals surface area contributed by atoms with Crippen molar-refractivity contribution in [3.63, 3.8) is 0 Å². The van der Waals surface area contributed by atoms with Crippen molar-refractivity contribution in [1.82, 2.24) is 0 Å². The molecule has 0 aliphatic heterocycles. The van der Waals surface area contributed by atoms with Crippen LogP contribution in [0, 0.1) is 0 Å².